The summed E-state index contributed by atoms with van der Waals surface area (Å²) in [7, 11) is 1.64. The van der Waals surface area contributed by atoms with E-state index < -0.39 is 0 Å². The molecular formula is C14H20N2O2. The maximum atomic E-state index is 12.0. The van der Waals surface area contributed by atoms with Gasteiger partial charge in [0.1, 0.15) is 5.75 Å². The second-order valence-electron chi connectivity index (χ2n) is 4.95. The smallest absolute Gasteiger partial charge is 0.227 e. The lowest BCUT2D eigenvalue weighted by atomic mass is 10.0. The molecule has 0 aromatic heterocycles. The highest BCUT2D eigenvalue weighted by molar-refractivity contribution is 5.85. The van der Waals surface area contributed by atoms with E-state index in [2.05, 4.69) is 5.32 Å². The molecule has 4 heteroatoms. The lowest BCUT2D eigenvalue weighted by Gasteiger charge is -2.19. The second-order valence-corrected chi connectivity index (χ2v) is 4.95. The van der Waals surface area contributed by atoms with Crippen molar-refractivity contribution in [1.82, 2.24) is 5.32 Å². The van der Waals surface area contributed by atoms with Crippen molar-refractivity contribution in [2.24, 2.45) is 11.1 Å². The first-order valence-electron chi connectivity index (χ1n) is 6.26. The van der Waals surface area contributed by atoms with Crippen LogP contribution in [0.2, 0.25) is 0 Å². The van der Waals surface area contributed by atoms with Crippen LogP contribution in [-0.2, 0) is 4.79 Å². The predicted octanol–water partition coefficient (Wildman–Crippen LogP) is 1.61. The molecule has 4 nitrogen and oxygen atoms in total. The largest absolute Gasteiger partial charge is 0.497 e. The van der Waals surface area contributed by atoms with E-state index >= 15 is 0 Å². The van der Waals surface area contributed by atoms with Crippen LogP contribution in [0.1, 0.15) is 31.4 Å². The van der Waals surface area contributed by atoms with Gasteiger partial charge < -0.3 is 15.8 Å². The van der Waals surface area contributed by atoms with Crippen LogP contribution in [0.25, 0.3) is 0 Å². The molecule has 1 aliphatic rings. The Labute approximate surface area is 108 Å². The molecule has 1 aromatic rings. The third-order valence-electron chi connectivity index (χ3n) is 3.69. The van der Waals surface area contributed by atoms with Gasteiger partial charge in [0, 0.05) is 6.54 Å². The maximum absolute atomic E-state index is 12.0. The molecule has 0 aliphatic heterocycles. The van der Waals surface area contributed by atoms with Gasteiger partial charge in [0.05, 0.1) is 18.6 Å². The lowest BCUT2D eigenvalue weighted by Crippen LogP contribution is -2.37. The molecule has 1 atom stereocenters. The van der Waals surface area contributed by atoms with Gasteiger partial charge in [-0.05, 0) is 37.5 Å². The summed E-state index contributed by atoms with van der Waals surface area (Å²) in [5.74, 6) is 0.895. The minimum atomic E-state index is -0.291. The number of hydrogen-bond donors (Lipinski definition) is 2. The Kier molecular flexibility index (Phi) is 3.57. The maximum Gasteiger partial charge on any atom is 0.227 e. The summed E-state index contributed by atoms with van der Waals surface area (Å²) in [5.41, 5.74) is 6.42. The highest BCUT2D eigenvalue weighted by Crippen LogP contribution is 2.45. The standard InChI is InChI=1S/C14H20N2O2/c1-10(11-3-5-12(18-2)6-4-11)16-13(17)14(9-15)7-8-14/h3-6,10H,7-9,15H2,1-2H3,(H,16,17)/t10-/m0/s1. The Bertz CT molecular complexity index is 424. The fourth-order valence-corrected chi connectivity index (χ4v) is 2.00. The van der Waals surface area contributed by atoms with Gasteiger partial charge in [-0.15, -0.1) is 0 Å². The molecular weight excluding hydrogens is 228 g/mol. The third-order valence-corrected chi connectivity index (χ3v) is 3.69. The van der Waals surface area contributed by atoms with E-state index in [1.807, 2.05) is 31.2 Å². The van der Waals surface area contributed by atoms with Crippen molar-refractivity contribution in [2.75, 3.05) is 13.7 Å². The summed E-state index contributed by atoms with van der Waals surface area (Å²) in [6.07, 6.45) is 1.81. The first kappa shape index (κ1) is 12.9. The van der Waals surface area contributed by atoms with Crippen molar-refractivity contribution in [3.63, 3.8) is 0 Å². The molecule has 98 valence electrons. The van der Waals surface area contributed by atoms with Crippen molar-refractivity contribution in [2.45, 2.75) is 25.8 Å². The molecule has 0 saturated heterocycles. The van der Waals surface area contributed by atoms with E-state index in [9.17, 15) is 4.79 Å². The zero-order chi connectivity index (χ0) is 13.2. The van der Waals surface area contributed by atoms with Gasteiger partial charge in [0.25, 0.3) is 0 Å². The minimum Gasteiger partial charge on any atom is -0.497 e. The monoisotopic (exact) mass is 248 g/mol. The average molecular weight is 248 g/mol. The summed E-state index contributed by atoms with van der Waals surface area (Å²) in [4.78, 5) is 12.0. The topological polar surface area (TPSA) is 64.3 Å². The first-order valence-corrected chi connectivity index (χ1v) is 6.26. The number of amides is 1. The summed E-state index contributed by atoms with van der Waals surface area (Å²) in [5, 5.41) is 3.03. The molecule has 0 bridgehead atoms. The number of methoxy groups -OCH3 is 1. The molecule has 18 heavy (non-hydrogen) atoms. The number of nitrogens with two attached hydrogens (primary N) is 1. The SMILES string of the molecule is COc1ccc([C@H](C)NC(=O)C2(CN)CC2)cc1. The van der Waals surface area contributed by atoms with Crippen LogP contribution in [0.5, 0.6) is 5.75 Å². The molecule has 0 heterocycles. The van der Waals surface area contributed by atoms with Crippen molar-refractivity contribution in [1.29, 1.82) is 0 Å². The molecule has 1 aliphatic carbocycles. The molecule has 1 fully saturated rings. The van der Waals surface area contributed by atoms with Crippen LogP contribution >= 0.6 is 0 Å². The summed E-state index contributed by atoms with van der Waals surface area (Å²) in [6, 6.07) is 7.71. The molecule has 1 saturated carbocycles. The predicted molar refractivity (Wildman–Crippen MR) is 70.3 cm³/mol. The van der Waals surface area contributed by atoms with Crippen molar-refractivity contribution < 1.29 is 9.53 Å². The average Bonchev–Trinajstić information content (AvgIpc) is 3.19. The van der Waals surface area contributed by atoms with Gasteiger partial charge in [0.15, 0.2) is 0 Å². The highest BCUT2D eigenvalue weighted by atomic mass is 16.5. The van der Waals surface area contributed by atoms with Gasteiger partial charge in [-0.25, -0.2) is 0 Å². The molecule has 3 N–H and O–H groups in total. The molecule has 0 spiro atoms. The summed E-state index contributed by atoms with van der Waals surface area (Å²) < 4.78 is 5.11. The normalized spacial score (nSPS) is 17.9. The molecule has 0 unspecified atom stereocenters. The summed E-state index contributed by atoms with van der Waals surface area (Å²) in [6.45, 7) is 2.42. The number of rotatable bonds is 5. The van der Waals surface area contributed by atoms with Crippen molar-refractivity contribution in [3.8, 4) is 5.75 Å². The van der Waals surface area contributed by atoms with Crippen LogP contribution in [0.4, 0.5) is 0 Å². The van der Waals surface area contributed by atoms with E-state index in [4.69, 9.17) is 10.5 Å². The number of carbonyl (C=O) groups excluding carboxylic acids is 1. The van der Waals surface area contributed by atoms with Crippen LogP contribution < -0.4 is 15.8 Å². The first-order chi connectivity index (χ1) is 8.61. The van der Waals surface area contributed by atoms with E-state index in [1.54, 1.807) is 7.11 Å². The second kappa shape index (κ2) is 4.98. The Hall–Kier alpha value is -1.55. The number of hydrogen-bond acceptors (Lipinski definition) is 3. The quantitative estimate of drug-likeness (QED) is 0.832. The van der Waals surface area contributed by atoms with Gasteiger partial charge in [-0.1, -0.05) is 12.1 Å². The molecule has 1 aromatic carbocycles. The number of nitrogens with one attached hydrogen (secondary N) is 1. The molecule has 1 amide bonds. The van der Waals surface area contributed by atoms with Crippen LogP contribution in [0.15, 0.2) is 24.3 Å². The van der Waals surface area contributed by atoms with Gasteiger partial charge in [-0.2, -0.15) is 0 Å². The van der Waals surface area contributed by atoms with Crippen LogP contribution in [0, 0.1) is 5.41 Å². The van der Waals surface area contributed by atoms with Crippen molar-refractivity contribution in [3.05, 3.63) is 29.8 Å². The summed E-state index contributed by atoms with van der Waals surface area (Å²) >= 11 is 0. The van der Waals surface area contributed by atoms with Gasteiger partial charge >= 0.3 is 0 Å². The Balaban J connectivity index is 1.98. The third kappa shape index (κ3) is 2.48. The number of benzene rings is 1. The van der Waals surface area contributed by atoms with E-state index in [0.29, 0.717) is 6.54 Å². The molecule has 2 rings (SSSR count). The fraction of sp³-hybridized carbons (Fsp3) is 0.500. The zero-order valence-electron chi connectivity index (χ0n) is 10.9. The lowest BCUT2D eigenvalue weighted by molar-refractivity contribution is -0.126. The number of ether oxygens (including phenoxy) is 1. The Morgan fingerprint density at radius 2 is 2.06 bits per heavy atom. The van der Waals surface area contributed by atoms with Crippen molar-refractivity contribution >= 4 is 5.91 Å². The van der Waals surface area contributed by atoms with Crippen LogP contribution in [-0.4, -0.2) is 19.6 Å². The Morgan fingerprint density at radius 1 is 1.44 bits per heavy atom. The van der Waals surface area contributed by atoms with Gasteiger partial charge in [-0.3, -0.25) is 4.79 Å². The van der Waals surface area contributed by atoms with E-state index in [1.165, 1.54) is 0 Å². The number of carbonyl (C=O) groups is 1. The molecule has 0 radical (unpaired) electrons. The van der Waals surface area contributed by atoms with Gasteiger partial charge in [0.2, 0.25) is 5.91 Å². The minimum absolute atomic E-state index is 0.00701. The Morgan fingerprint density at radius 3 is 2.50 bits per heavy atom. The fourth-order valence-electron chi connectivity index (χ4n) is 2.00. The van der Waals surface area contributed by atoms with E-state index in [0.717, 1.165) is 24.2 Å². The van der Waals surface area contributed by atoms with E-state index in [-0.39, 0.29) is 17.4 Å². The zero-order valence-corrected chi connectivity index (χ0v) is 10.9. The highest BCUT2D eigenvalue weighted by Gasteiger charge is 2.48. The van der Waals surface area contributed by atoms with Crippen LogP contribution in [0.3, 0.4) is 0 Å².